The van der Waals surface area contributed by atoms with Gasteiger partial charge in [-0.3, -0.25) is 0 Å². The van der Waals surface area contributed by atoms with Crippen LogP contribution in [-0.2, 0) is 6.54 Å². The average Bonchev–Trinajstić information content (AvgIpc) is 3.05. The number of amides is 2. The first-order valence-electron chi connectivity index (χ1n) is 7.82. The first kappa shape index (κ1) is 17.0. The van der Waals surface area contributed by atoms with Crippen LogP contribution in [0, 0.1) is 11.6 Å². The Balaban J connectivity index is 1.93. The Kier molecular flexibility index (Phi) is 5.18. The highest BCUT2D eigenvalue weighted by molar-refractivity contribution is 9.09. The zero-order valence-corrected chi connectivity index (χ0v) is 14.6. The third-order valence-electron chi connectivity index (χ3n) is 4.15. The van der Waals surface area contributed by atoms with Crippen LogP contribution in [0.5, 0.6) is 0 Å². The van der Waals surface area contributed by atoms with E-state index < -0.39 is 17.7 Å². The van der Waals surface area contributed by atoms with Crippen LogP contribution in [0.2, 0.25) is 0 Å². The number of carbonyl (C=O) groups is 1. The molecule has 4 nitrogen and oxygen atoms in total. The van der Waals surface area contributed by atoms with Crippen LogP contribution in [0.3, 0.4) is 0 Å². The minimum atomic E-state index is -0.907. The average molecular weight is 398 g/mol. The van der Waals surface area contributed by atoms with E-state index in [1.54, 1.807) is 4.90 Å². The van der Waals surface area contributed by atoms with Crippen LogP contribution >= 0.6 is 15.9 Å². The Hall–Kier alpha value is -1.89. The standard InChI is InChI=1S/C17H18BrF2N3O/c18-6-2-7-21-17(24)23-10-9-22-8-1-3-15(22)16(23)12-4-5-13(19)14(20)11-12/h1,3-5,8,11,16H,2,6-7,9-10H2,(H,21,24)/t16-/m0/s1. The summed E-state index contributed by atoms with van der Waals surface area (Å²) in [5.74, 6) is -1.80. The van der Waals surface area contributed by atoms with Gasteiger partial charge in [-0.05, 0) is 36.2 Å². The van der Waals surface area contributed by atoms with Gasteiger partial charge in [-0.15, -0.1) is 0 Å². The number of rotatable bonds is 4. The predicted molar refractivity (Wildman–Crippen MR) is 91.1 cm³/mol. The molecule has 3 rings (SSSR count). The van der Waals surface area contributed by atoms with Crippen molar-refractivity contribution in [3.05, 3.63) is 59.4 Å². The fraction of sp³-hybridized carbons (Fsp3) is 0.353. The zero-order chi connectivity index (χ0) is 17.1. The maximum Gasteiger partial charge on any atom is 0.318 e. The van der Waals surface area contributed by atoms with Crippen LogP contribution in [0.25, 0.3) is 0 Å². The molecular weight excluding hydrogens is 380 g/mol. The van der Waals surface area contributed by atoms with E-state index in [2.05, 4.69) is 21.2 Å². The van der Waals surface area contributed by atoms with Crippen molar-refractivity contribution in [2.24, 2.45) is 0 Å². The summed E-state index contributed by atoms with van der Waals surface area (Å²) in [4.78, 5) is 14.2. The molecule has 2 amide bonds. The summed E-state index contributed by atoms with van der Waals surface area (Å²) in [7, 11) is 0. The van der Waals surface area contributed by atoms with Gasteiger partial charge >= 0.3 is 6.03 Å². The Morgan fingerprint density at radius 1 is 1.25 bits per heavy atom. The molecule has 0 aliphatic carbocycles. The summed E-state index contributed by atoms with van der Waals surface area (Å²) in [6.45, 7) is 1.74. The van der Waals surface area contributed by atoms with Crippen molar-refractivity contribution in [1.82, 2.24) is 14.8 Å². The smallest absolute Gasteiger partial charge is 0.318 e. The van der Waals surface area contributed by atoms with Crippen molar-refractivity contribution in [1.29, 1.82) is 0 Å². The first-order valence-corrected chi connectivity index (χ1v) is 8.94. The van der Waals surface area contributed by atoms with Crippen molar-refractivity contribution in [2.45, 2.75) is 19.0 Å². The van der Waals surface area contributed by atoms with Gasteiger partial charge in [0.15, 0.2) is 11.6 Å². The van der Waals surface area contributed by atoms with Crippen molar-refractivity contribution in [2.75, 3.05) is 18.4 Å². The van der Waals surface area contributed by atoms with Gasteiger partial charge in [-0.1, -0.05) is 22.0 Å². The number of aromatic nitrogens is 1. The van der Waals surface area contributed by atoms with Crippen molar-refractivity contribution < 1.29 is 13.6 Å². The molecule has 0 fully saturated rings. The molecule has 0 saturated carbocycles. The normalized spacial score (nSPS) is 16.8. The van der Waals surface area contributed by atoms with Crippen LogP contribution in [-0.4, -0.2) is 33.9 Å². The molecule has 0 saturated heterocycles. The fourth-order valence-corrected chi connectivity index (χ4v) is 3.28. The Labute approximate surface area is 147 Å². The molecule has 1 aliphatic rings. The largest absolute Gasteiger partial charge is 0.348 e. The quantitative estimate of drug-likeness (QED) is 0.620. The number of fused-ring (bicyclic) bond motifs is 1. The number of urea groups is 1. The summed E-state index contributed by atoms with van der Waals surface area (Å²) >= 11 is 3.33. The van der Waals surface area contributed by atoms with E-state index in [0.29, 0.717) is 25.2 Å². The van der Waals surface area contributed by atoms with Gasteiger partial charge < -0.3 is 14.8 Å². The van der Waals surface area contributed by atoms with Crippen LogP contribution in [0.4, 0.5) is 13.6 Å². The third-order valence-corrected chi connectivity index (χ3v) is 4.71. The lowest BCUT2D eigenvalue weighted by atomic mass is 10.00. The van der Waals surface area contributed by atoms with E-state index >= 15 is 0 Å². The van der Waals surface area contributed by atoms with E-state index in [-0.39, 0.29) is 6.03 Å². The topological polar surface area (TPSA) is 37.3 Å². The molecule has 1 aromatic heterocycles. The van der Waals surface area contributed by atoms with Gasteiger partial charge in [0.2, 0.25) is 0 Å². The summed E-state index contributed by atoms with van der Waals surface area (Å²) in [5.41, 5.74) is 1.45. The number of nitrogens with one attached hydrogen (secondary N) is 1. The number of alkyl halides is 1. The zero-order valence-electron chi connectivity index (χ0n) is 13.0. The van der Waals surface area contributed by atoms with E-state index in [9.17, 15) is 13.6 Å². The van der Waals surface area contributed by atoms with Crippen molar-refractivity contribution in [3.63, 3.8) is 0 Å². The minimum absolute atomic E-state index is 0.196. The SMILES string of the molecule is O=C(NCCCBr)N1CCn2cccc2[C@@H]1c1ccc(F)c(F)c1. The number of carbonyl (C=O) groups excluding carboxylic acids is 1. The van der Waals surface area contributed by atoms with E-state index in [4.69, 9.17) is 0 Å². The van der Waals surface area contributed by atoms with Crippen LogP contribution in [0.1, 0.15) is 23.7 Å². The molecule has 2 heterocycles. The molecule has 0 spiro atoms. The van der Waals surface area contributed by atoms with Gasteiger partial charge in [0.1, 0.15) is 0 Å². The minimum Gasteiger partial charge on any atom is -0.348 e. The highest BCUT2D eigenvalue weighted by Gasteiger charge is 2.32. The molecule has 7 heteroatoms. The Bertz CT molecular complexity index is 734. The van der Waals surface area contributed by atoms with Gasteiger partial charge in [0.05, 0.1) is 6.04 Å². The second-order valence-corrected chi connectivity index (χ2v) is 6.46. The molecule has 0 unspecified atom stereocenters. The van der Waals surface area contributed by atoms with Crippen LogP contribution in [0.15, 0.2) is 36.5 Å². The highest BCUT2D eigenvalue weighted by atomic mass is 79.9. The Morgan fingerprint density at radius 2 is 2.08 bits per heavy atom. The third kappa shape index (κ3) is 3.31. The predicted octanol–water partition coefficient (Wildman–Crippen LogP) is 3.67. The number of hydrogen-bond donors (Lipinski definition) is 1. The van der Waals surface area contributed by atoms with E-state index in [1.807, 2.05) is 22.9 Å². The summed E-state index contributed by atoms with van der Waals surface area (Å²) in [6, 6.07) is 6.98. The maximum absolute atomic E-state index is 13.7. The monoisotopic (exact) mass is 397 g/mol. The van der Waals surface area contributed by atoms with Gasteiger partial charge in [0, 0.05) is 36.9 Å². The van der Waals surface area contributed by atoms with Gasteiger partial charge in [-0.2, -0.15) is 0 Å². The van der Waals surface area contributed by atoms with Crippen molar-refractivity contribution >= 4 is 22.0 Å². The maximum atomic E-state index is 13.7. The number of halogens is 3. The van der Waals surface area contributed by atoms with Gasteiger partial charge in [0.25, 0.3) is 0 Å². The molecule has 24 heavy (non-hydrogen) atoms. The lowest BCUT2D eigenvalue weighted by Gasteiger charge is -2.37. The lowest BCUT2D eigenvalue weighted by molar-refractivity contribution is 0.168. The lowest BCUT2D eigenvalue weighted by Crippen LogP contribution is -2.47. The second-order valence-electron chi connectivity index (χ2n) is 5.67. The molecule has 0 bridgehead atoms. The molecule has 1 N–H and O–H groups in total. The molecule has 2 aromatic rings. The Morgan fingerprint density at radius 3 is 2.83 bits per heavy atom. The molecule has 0 radical (unpaired) electrons. The van der Waals surface area contributed by atoms with Gasteiger partial charge in [-0.25, -0.2) is 13.6 Å². The molecular formula is C17H18BrF2N3O. The van der Waals surface area contributed by atoms with E-state index in [1.165, 1.54) is 12.1 Å². The summed E-state index contributed by atoms with van der Waals surface area (Å²) < 4.78 is 29.0. The summed E-state index contributed by atoms with van der Waals surface area (Å²) in [6.07, 6.45) is 2.76. The number of benzene rings is 1. The number of hydrogen-bond acceptors (Lipinski definition) is 1. The molecule has 128 valence electrons. The highest BCUT2D eigenvalue weighted by Crippen LogP contribution is 2.33. The fourth-order valence-electron chi connectivity index (χ4n) is 3.00. The second kappa shape index (κ2) is 7.34. The molecule has 1 aromatic carbocycles. The molecule has 1 atom stereocenters. The first-order chi connectivity index (χ1) is 11.6. The van der Waals surface area contributed by atoms with Crippen molar-refractivity contribution in [3.8, 4) is 0 Å². The van der Waals surface area contributed by atoms with Crippen LogP contribution < -0.4 is 5.32 Å². The summed E-state index contributed by atoms with van der Waals surface area (Å²) in [5, 5.41) is 3.69. The molecule has 1 aliphatic heterocycles. The van der Waals surface area contributed by atoms with E-state index in [0.717, 1.165) is 23.5 Å². The number of nitrogens with zero attached hydrogens (tertiary/aromatic N) is 2.